The number of nitro benzene ring substituents is 1. The predicted molar refractivity (Wildman–Crippen MR) is 72.7 cm³/mol. The monoisotopic (exact) mass is 294 g/mol. The summed E-state index contributed by atoms with van der Waals surface area (Å²) >= 11 is 5.76. The van der Waals surface area contributed by atoms with E-state index in [9.17, 15) is 14.9 Å². The molecule has 1 aromatic heterocycles. The summed E-state index contributed by atoms with van der Waals surface area (Å²) < 4.78 is 5.18. The molecule has 0 saturated heterocycles. The van der Waals surface area contributed by atoms with Crippen molar-refractivity contribution in [1.82, 2.24) is 5.32 Å². The zero-order valence-electron chi connectivity index (χ0n) is 10.5. The van der Waals surface area contributed by atoms with Gasteiger partial charge in [0.05, 0.1) is 17.2 Å². The molecule has 20 heavy (non-hydrogen) atoms. The van der Waals surface area contributed by atoms with Crippen molar-refractivity contribution in [3.05, 3.63) is 63.1 Å². The van der Waals surface area contributed by atoms with Gasteiger partial charge >= 0.3 is 0 Å². The fourth-order valence-corrected chi connectivity index (χ4v) is 1.93. The van der Waals surface area contributed by atoms with Crippen molar-refractivity contribution in [2.45, 2.75) is 13.0 Å². The smallest absolute Gasteiger partial charge is 0.287 e. The van der Waals surface area contributed by atoms with Gasteiger partial charge in [-0.25, -0.2) is 0 Å². The van der Waals surface area contributed by atoms with Crippen LogP contribution in [0.3, 0.4) is 0 Å². The number of carbonyl (C=O) groups is 1. The second kappa shape index (κ2) is 5.75. The minimum atomic E-state index is -0.602. The first-order valence-electron chi connectivity index (χ1n) is 5.77. The van der Waals surface area contributed by atoms with E-state index in [1.165, 1.54) is 24.5 Å². The highest BCUT2D eigenvalue weighted by molar-refractivity contribution is 6.33. The molecule has 0 spiro atoms. The fraction of sp³-hybridized carbons (Fsp3) is 0.154. The van der Waals surface area contributed by atoms with Gasteiger partial charge in [0.1, 0.15) is 10.8 Å². The Morgan fingerprint density at radius 1 is 1.45 bits per heavy atom. The Morgan fingerprint density at radius 3 is 2.75 bits per heavy atom. The molecule has 7 heteroatoms. The van der Waals surface area contributed by atoms with Crippen molar-refractivity contribution in [3.8, 4) is 0 Å². The average Bonchev–Trinajstić information content (AvgIpc) is 2.91. The van der Waals surface area contributed by atoms with Crippen LogP contribution >= 0.6 is 11.6 Å². The Labute approximate surface area is 119 Å². The van der Waals surface area contributed by atoms with Crippen LogP contribution in [0.4, 0.5) is 5.69 Å². The third-order valence-corrected chi connectivity index (χ3v) is 3.03. The number of rotatable bonds is 4. The van der Waals surface area contributed by atoms with Gasteiger partial charge in [0.15, 0.2) is 0 Å². The highest BCUT2D eigenvalue weighted by Crippen LogP contribution is 2.25. The molecule has 0 aliphatic heterocycles. The number of hydrogen-bond donors (Lipinski definition) is 1. The molecule has 2 aromatic rings. The van der Waals surface area contributed by atoms with Gasteiger partial charge in [0.2, 0.25) is 0 Å². The van der Waals surface area contributed by atoms with Crippen LogP contribution in [0, 0.1) is 10.1 Å². The number of benzene rings is 1. The number of hydrogen-bond acceptors (Lipinski definition) is 4. The van der Waals surface area contributed by atoms with Gasteiger partial charge in [-0.1, -0.05) is 11.6 Å². The maximum absolute atomic E-state index is 12.0. The molecule has 0 fully saturated rings. The largest absolute Gasteiger partial charge is 0.467 e. The van der Waals surface area contributed by atoms with E-state index in [0.717, 1.165) is 0 Å². The van der Waals surface area contributed by atoms with E-state index in [0.29, 0.717) is 5.76 Å². The number of nitro groups is 1. The summed E-state index contributed by atoms with van der Waals surface area (Å²) in [6.07, 6.45) is 1.51. The van der Waals surface area contributed by atoms with Gasteiger partial charge in [-0.2, -0.15) is 0 Å². The summed E-state index contributed by atoms with van der Waals surface area (Å²) in [6, 6.07) is 6.98. The summed E-state index contributed by atoms with van der Waals surface area (Å²) in [6.45, 7) is 1.77. The summed E-state index contributed by atoms with van der Waals surface area (Å²) in [5, 5.41) is 13.3. The van der Waals surface area contributed by atoms with Crippen molar-refractivity contribution >= 4 is 23.2 Å². The van der Waals surface area contributed by atoms with Crippen LogP contribution in [0.2, 0.25) is 5.02 Å². The SMILES string of the molecule is CC(NC(=O)c1ccc([N+](=O)[O-])c(Cl)c1)c1ccco1. The normalized spacial score (nSPS) is 11.9. The molecule has 6 nitrogen and oxygen atoms in total. The number of halogens is 1. The summed E-state index contributed by atoms with van der Waals surface area (Å²) in [5.74, 6) is 0.233. The van der Waals surface area contributed by atoms with Crippen LogP contribution in [0.15, 0.2) is 41.0 Å². The molecular weight excluding hydrogens is 284 g/mol. The molecule has 1 N–H and O–H groups in total. The van der Waals surface area contributed by atoms with Gasteiger partial charge in [-0.05, 0) is 31.2 Å². The predicted octanol–water partition coefficient (Wildman–Crippen LogP) is 3.33. The first-order valence-corrected chi connectivity index (χ1v) is 6.15. The Kier molecular flexibility index (Phi) is 4.05. The third-order valence-electron chi connectivity index (χ3n) is 2.72. The molecule has 0 aliphatic rings. The zero-order valence-corrected chi connectivity index (χ0v) is 11.3. The van der Waals surface area contributed by atoms with Gasteiger partial charge in [0, 0.05) is 11.6 Å². The molecule has 0 bridgehead atoms. The van der Waals surface area contributed by atoms with E-state index in [1.807, 2.05) is 0 Å². The van der Waals surface area contributed by atoms with Crippen molar-refractivity contribution in [3.63, 3.8) is 0 Å². The van der Waals surface area contributed by atoms with Crippen LogP contribution in [-0.2, 0) is 0 Å². The van der Waals surface area contributed by atoms with Crippen LogP contribution < -0.4 is 5.32 Å². The lowest BCUT2D eigenvalue weighted by Gasteiger charge is -2.11. The highest BCUT2D eigenvalue weighted by Gasteiger charge is 2.17. The summed E-state index contributed by atoms with van der Waals surface area (Å²) in [7, 11) is 0. The molecule has 1 atom stereocenters. The average molecular weight is 295 g/mol. The van der Waals surface area contributed by atoms with E-state index >= 15 is 0 Å². The van der Waals surface area contributed by atoms with Crippen molar-refractivity contribution in [1.29, 1.82) is 0 Å². The molecule has 2 rings (SSSR count). The Hall–Kier alpha value is -2.34. The maximum Gasteiger partial charge on any atom is 0.287 e. The van der Waals surface area contributed by atoms with Gasteiger partial charge in [0.25, 0.3) is 11.6 Å². The third kappa shape index (κ3) is 2.97. The van der Waals surface area contributed by atoms with Crippen LogP contribution in [-0.4, -0.2) is 10.8 Å². The number of carbonyl (C=O) groups excluding carboxylic acids is 1. The fourth-order valence-electron chi connectivity index (χ4n) is 1.68. The second-order valence-electron chi connectivity index (χ2n) is 4.13. The van der Waals surface area contributed by atoms with E-state index in [1.54, 1.807) is 19.1 Å². The first-order chi connectivity index (χ1) is 9.49. The molecule has 0 radical (unpaired) electrons. The molecule has 1 unspecified atom stereocenters. The van der Waals surface area contributed by atoms with Gasteiger partial charge in [-0.15, -0.1) is 0 Å². The van der Waals surface area contributed by atoms with Crippen molar-refractivity contribution < 1.29 is 14.1 Å². The quantitative estimate of drug-likeness (QED) is 0.692. The topological polar surface area (TPSA) is 85.4 Å². The van der Waals surface area contributed by atoms with Crippen molar-refractivity contribution in [2.75, 3.05) is 0 Å². The van der Waals surface area contributed by atoms with E-state index < -0.39 is 4.92 Å². The summed E-state index contributed by atoms with van der Waals surface area (Å²) in [5.41, 5.74) is 0.0151. The second-order valence-corrected chi connectivity index (χ2v) is 4.54. The Balaban J connectivity index is 2.14. The van der Waals surface area contributed by atoms with Gasteiger partial charge < -0.3 is 9.73 Å². The van der Waals surface area contributed by atoms with Crippen LogP contribution in [0.5, 0.6) is 0 Å². The number of amides is 1. The Morgan fingerprint density at radius 2 is 2.20 bits per heavy atom. The summed E-state index contributed by atoms with van der Waals surface area (Å²) in [4.78, 5) is 22.0. The lowest BCUT2D eigenvalue weighted by atomic mass is 10.1. The van der Waals surface area contributed by atoms with E-state index in [-0.39, 0.29) is 28.2 Å². The molecule has 104 valence electrons. The van der Waals surface area contributed by atoms with Crippen molar-refractivity contribution in [2.24, 2.45) is 0 Å². The molecule has 0 aliphatic carbocycles. The minimum Gasteiger partial charge on any atom is -0.467 e. The van der Waals surface area contributed by atoms with Gasteiger partial charge in [-0.3, -0.25) is 14.9 Å². The number of nitrogens with one attached hydrogen (secondary N) is 1. The Bertz CT molecular complexity index is 640. The first kappa shape index (κ1) is 14.1. The molecular formula is C13H11ClN2O4. The molecule has 0 saturated carbocycles. The molecule has 1 amide bonds. The van der Waals surface area contributed by atoms with Crippen LogP contribution in [0.25, 0.3) is 0 Å². The lowest BCUT2D eigenvalue weighted by molar-refractivity contribution is -0.384. The standard InChI is InChI=1S/C13H11ClN2O4/c1-8(12-3-2-6-20-12)15-13(17)9-4-5-11(16(18)19)10(14)7-9/h2-8H,1H3,(H,15,17). The number of nitrogens with zero attached hydrogens (tertiary/aromatic N) is 1. The van der Waals surface area contributed by atoms with E-state index in [2.05, 4.69) is 5.32 Å². The minimum absolute atomic E-state index is 0.0756. The lowest BCUT2D eigenvalue weighted by Crippen LogP contribution is -2.26. The number of furan rings is 1. The van der Waals surface area contributed by atoms with E-state index in [4.69, 9.17) is 16.0 Å². The zero-order chi connectivity index (χ0) is 14.7. The maximum atomic E-state index is 12.0. The van der Waals surface area contributed by atoms with Crippen LogP contribution in [0.1, 0.15) is 29.1 Å². The molecule has 1 heterocycles. The highest BCUT2D eigenvalue weighted by atomic mass is 35.5. The molecule has 1 aromatic carbocycles.